The zero-order valence-electron chi connectivity index (χ0n) is 16.8. The Morgan fingerprint density at radius 3 is 2.45 bits per heavy atom. The van der Waals surface area contributed by atoms with Crippen molar-refractivity contribution in [3.8, 4) is 5.75 Å². The van der Waals surface area contributed by atoms with E-state index in [1.165, 1.54) is 33.5 Å². The molecule has 2 aliphatic rings. The summed E-state index contributed by atoms with van der Waals surface area (Å²) in [5, 5.41) is 2.72. The Labute approximate surface area is 180 Å². The van der Waals surface area contributed by atoms with E-state index >= 15 is 0 Å². The second-order valence-electron chi connectivity index (χ2n) is 7.14. The number of anilines is 2. The third-order valence-corrected chi connectivity index (χ3v) is 6.99. The van der Waals surface area contributed by atoms with Gasteiger partial charge in [-0.1, -0.05) is 12.1 Å². The minimum Gasteiger partial charge on any atom is -0.491 e. The molecule has 0 atom stereocenters. The SMILES string of the molecule is O=C(CN1C(=O)CCOc2ccccc21)Nc1ccc(S(=O)(=O)N2CCOCC2)cc1. The Bertz CT molecular complexity index is 1060. The van der Waals surface area contributed by atoms with Gasteiger partial charge in [0.1, 0.15) is 12.3 Å². The first-order valence-electron chi connectivity index (χ1n) is 9.95. The minimum absolute atomic E-state index is 0.154. The Hall–Kier alpha value is -2.95. The molecular formula is C21H23N3O6S. The van der Waals surface area contributed by atoms with Gasteiger partial charge >= 0.3 is 0 Å². The van der Waals surface area contributed by atoms with E-state index in [2.05, 4.69) is 5.32 Å². The number of nitrogens with one attached hydrogen (secondary N) is 1. The Morgan fingerprint density at radius 2 is 1.71 bits per heavy atom. The summed E-state index contributed by atoms with van der Waals surface area (Å²) in [5.41, 5.74) is 0.991. The first-order chi connectivity index (χ1) is 14.9. The van der Waals surface area contributed by atoms with Gasteiger partial charge in [-0.25, -0.2) is 8.42 Å². The molecule has 2 aromatic rings. The minimum atomic E-state index is -3.60. The number of rotatable bonds is 5. The van der Waals surface area contributed by atoms with Crippen LogP contribution >= 0.6 is 0 Å². The summed E-state index contributed by atoms with van der Waals surface area (Å²) >= 11 is 0. The predicted molar refractivity (Wildman–Crippen MR) is 114 cm³/mol. The summed E-state index contributed by atoms with van der Waals surface area (Å²) in [6.07, 6.45) is 0.177. The number of amides is 2. The van der Waals surface area contributed by atoms with E-state index in [1.807, 2.05) is 0 Å². The van der Waals surface area contributed by atoms with Crippen LogP contribution in [0.25, 0.3) is 0 Å². The number of hydrogen-bond acceptors (Lipinski definition) is 6. The number of morpholine rings is 1. The molecular weight excluding hydrogens is 422 g/mol. The van der Waals surface area contributed by atoms with Crippen molar-refractivity contribution >= 4 is 33.2 Å². The number of para-hydroxylation sites is 2. The lowest BCUT2D eigenvalue weighted by Gasteiger charge is -2.26. The quantitative estimate of drug-likeness (QED) is 0.747. The molecule has 1 fully saturated rings. The van der Waals surface area contributed by atoms with Crippen molar-refractivity contribution in [1.29, 1.82) is 0 Å². The van der Waals surface area contributed by atoms with Crippen LogP contribution in [0, 0.1) is 0 Å². The average molecular weight is 445 g/mol. The van der Waals surface area contributed by atoms with Crippen molar-refractivity contribution in [2.24, 2.45) is 0 Å². The van der Waals surface area contributed by atoms with Gasteiger partial charge in [0.25, 0.3) is 0 Å². The van der Waals surface area contributed by atoms with Crippen molar-refractivity contribution in [3.05, 3.63) is 48.5 Å². The number of fused-ring (bicyclic) bond motifs is 1. The summed E-state index contributed by atoms with van der Waals surface area (Å²) < 4.78 is 37.6. The second-order valence-corrected chi connectivity index (χ2v) is 9.07. The van der Waals surface area contributed by atoms with Crippen LogP contribution in [-0.4, -0.2) is 64.0 Å². The standard InChI is InChI=1S/C21H23N3O6S/c25-20(15-24-18-3-1-2-4-19(18)30-12-9-21(24)26)22-16-5-7-17(8-6-16)31(27,28)23-10-13-29-14-11-23/h1-8H,9-15H2,(H,22,25). The van der Waals surface area contributed by atoms with E-state index in [-0.39, 0.29) is 30.4 Å². The summed E-state index contributed by atoms with van der Waals surface area (Å²) in [6.45, 7) is 1.46. The molecule has 0 saturated carbocycles. The monoisotopic (exact) mass is 445 g/mol. The van der Waals surface area contributed by atoms with Crippen LogP contribution in [0.2, 0.25) is 0 Å². The average Bonchev–Trinajstić information content (AvgIpc) is 2.93. The molecule has 4 rings (SSSR count). The molecule has 0 aliphatic carbocycles. The second kappa shape index (κ2) is 9.04. The predicted octanol–water partition coefficient (Wildman–Crippen LogP) is 1.46. The summed E-state index contributed by atoms with van der Waals surface area (Å²) in [7, 11) is -3.60. The molecule has 2 amide bonds. The van der Waals surface area contributed by atoms with Crippen LogP contribution in [0.5, 0.6) is 5.75 Å². The lowest BCUT2D eigenvalue weighted by molar-refractivity contribution is -0.121. The van der Waals surface area contributed by atoms with Gasteiger partial charge < -0.3 is 14.8 Å². The molecule has 10 heteroatoms. The van der Waals surface area contributed by atoms with Gasteiger partial charge in [-0.2, -0.15) is 4.31 Å². The van der Waals surface area contributed by atoms with Crippen LogP contribution < -0.4 is 15.0 Å². The lowest BCUT2D eigenvalue weighted by Crippen LogP contribution is -2.40. The van der Waals surface area contributed by atoms with Gasteiger partial charge in [0.15, 0.2) is 0 Å². The summed E-state index contributed by atoms with van der Waals surface area (Å²) in [5.74, 6) is -0.0419. The smallest absolute Gasteiger partial charge is 0.244 e. The van der Waals surface area contributed by atoms with Crippen LogP contribution in [-0.2, 0) is 24.3 Å². The molecule has 0 bridgehead atoms. The molecule has 0 radical (unpaired) electrons. The molecule has 1 saturated heterocycles. The number of hydrogen-bond donors (Lipinski definition) is 1. The summed E-state index contributed by atoms with van der Waals surface area (Å²) in [6, 6.07) is 13.1. The summed E-state index contributed by atoms with van der Waals surface area (Å²) in [4.78, 5) is 26.6. The fourth-order valence-corrected chi connectivity index (χ4v) is 4.89. The van der Waals surface area contributed by atoms with Crippen LogP contribution in [0.15, 0.2) is 53.4 Å². The van der Waals surface area contributed by atoms with Crippen molar-refractivity contribution in [2.75, 3.05) is 49.7 Å². The number of benzene rings is 2. The van der Waals surface area contributed by atoms with Crippen molar-refractivity contribution in [2.45, 2.75) is 11.3 Å². The van der Waals surface area contributed by atoms with E-state index < -0.39 is 15.9 Å². The van der Waals surface area contributed by atoms with Crippen LogP contribution in [0.1, 0.15) is 6.42 Å². The highest BCUT2D eigenvalue weighted by Gasteiger charge is 2.27. The highest BCUT2D eigenvalue weighted by Crippen LogP contribution is 2.30. The fourth-order valence-electron chi connectivity index (χ4n) is 3.48. The van der Waals surface area contributed by atoms with Gasteiger partial charge in [-0.3, -0.25) is 14.5 Å². The van der Waals surface area contributed by atoms with Gasteiger partial charge in [-0.15, -0.1) is 0 Å². The maximum atomic E-state index is 12.7. The normalized spacial score (nSPS) is 17.4. The van der Waals surface area contributed by atoms with Gasteiger partial charge in [0.05, 0.1) is 36.8 Å². The molecule has 2 heterocycles. The maximum Gasteiger partial charge on any atom is 0.244 e. The molecule has 0 unspecified atom stereocenters. The number of carbonyl (C=O) groups excluding carboxylic acids is 2. The largest absolute Gasteiger partial charge is 0.491 e. The van der Waals surface area contributed by atoms with Crippen molar-refractivity contribution < 1.29 is 27.5 Å². The van der Waals surface area contributed by atoms with Crippen LogP contribution in [0.4, 0.5) is 11.4 Å². The maximum absolute atomic E-state index is 12.7. The third kappa shape index (κ3) is 4.71. The van der Waals surface area contributed by atoms with E-state index in [9.17, 15) is 18.0 Å². The number of sulfonamides is 1. The fraction of sp³-hybridized carbons (Fsp3) is 0.333. The molecule has 2 aromatic carbocycles. The van der Waals surface area contributed by atoms with Crippen molar-refractivity contribution in [1.82, 2.24) is 4.31 Å². The van der Waals surface area contributed by atoms with E-state index in [1.54, 1.807) is 24.3 Å². The van der Waals surface area contributed by atoms with Gasteiger partial charge in [-0.05, 0) is 36.4 Å². The van der Waals surface area contributed by atoms with Gasteiger partial charge in [0, 0.05) is 18.8 Å². The molecule has 1 N–H and O–H groups in total. The van der Waals surface area contributed by atoms with Crippen LogP contribution in [0.3, 0.4) is 0 Å². The lowest BCUT2D eigenvalue weighted by atomic mass is 10.2. The highest BCUT2D eigenvalue weighted by molar-refractivity contribution is 7.89. The molecule has 9 nitrogen and oxygen atoms in total. The molecule has 0 aromatic heterocycles. The molecule has 2 aliphatic heterocycles. The van der Waals surface area contributed by atoms with E-state index in [0.29, 0.717) is 43.4 Å². The van der Waals surface area contributed by atoms with Gasteiger partial charge in [0.2, 0.25) is 21.8 Å². The zero-order chi connectivity index (χ0) is 21.8. The number of carbonyl (C=O) groups is 2. The zero-order valence-corrected chi connectivity index (χ0v) is 17.6. The Morgan fingerprint density at radius 1 is 1.00 bits per heavy atom. The Kier molecular flexibility index (Phi) is 6.21. The third-order valence-electron chi connectivity index (χ3n) is 5.08. The van der Waals surface area contributed by atoms with Crippen molar-refractivity contribution in [3.63, 3.8) is 0 Å². The van der Waals surface area contributed by atoms with E-state index in [0.717, 1.165) is 0 Å². The molecule has 0 spiro atoms. The van der Waals surface area contributed by atoms with E-state index in [4.69, 9.17) is 9.47 Å². The molecule has 164 valence electrons. The topological polar surface area (TPSA) is 105 Å². The first-order valence-corrected chi connectivity index (χ1v) is 11.4. The molecule has 31 heavy (non-hydrogen) atoms. The number of nitrogens with zero attached hydrogens (tertiary/aromatic N) is 2. The Balaban J connectivity index is 1.44. The highest BCUT2D eigenvalue weighted by atomic mass is 32.2. The number of ether oxygens (including phenoxy) is 2. The first kappa shape index (κ1) is 21.3.